The van der Waals surface area contributed by atoms with Gasteiger partial charge in [0.2, 0.25) is 0 Å². The smallest absolute Gasteiger partial charge is 0.00963 e. The lowest BCUT2D eigenvalue weighted by atomic mass is 9.97. The van der Waals surface area contributed by atoms with Crippen LogP contribution in [0.1, 0.15) is 5.56 Å². The summed E-state index contributed by atoms with van der Waals surface area (Å²) in [5, 5.41) is 2.57. The van der Waals surface area contributed by atoms with E-state index in [1.165, 1.54) is 27.5 Å². The molecule has 0 amide bonds. The summed E-state index contributed by atoms with van der Waals surface area (Å²) in [6.45, 7) is 2.11. The Labute approximate surface area is 102 Å². The van der Waals surface area contributed by atoms with Crippen LogP contribution in [0.15, 0.2) is 60.7 Å². The van der Waals surface area contributed by atoms with Gasteiger partial charge in [-0.25, -0.2) is 0 Å². The third-order valence-electron chi connectivity index (χ3n) is 3.04. The normalized spacial score (nSPS) is 10.6. The highest BCUT2D eigenvalue weighted by atomic mass is 14.1. The van der Waals surface area contributed by atoms with Crippen molar-refractivity contribution in [3.8, 4) is 11.1 Å². The summed E-state index contributed by atoms with van der Waals surface area (Å²) in [6, 6.07) is 24.5. The van der Waals surface area contributed by atoms with Gasteiger partial charge in [-0.3, -0.25) is 0 Å². The maximum atomic E-state index is 3.32. The summed E-state index contributed by atoms with van der Waals surface area (Å²) in [5.41, 5.74) is 3.69. The van der Waals surface area contributed by atoms with Crippen molar-refractivity contribution in [1.82, 2.24) is 0 Å². The van der Waals surface area contributed by atoms with Gasteiger partial charge in [-0.05, 0) is 34.9 Å². The van der Waals surface area contributed by atoms with Gasteiger partial charge < -0.3 is 0 Å². The molecule has 0 aromatic heterocycles. The van der Waals surface area contributed by atoms with Crippen molar-refractivity contribution < 1.29 is 0 Å². The molecular formula is C17H13. The lowest BCUT2D eigenvalue weighted by Gasteiger charge is -2.07. The van der Waals surface area contributed by atoms with Gasteiger partial charge in [-0.15, -0.1) is 0 Å². The van der Waals surface area contributed by atoms with Crippen molar-refractivity contribution in [1.29, 1.82) is 0 Å². The zero-order chi connectivity index (χ0) is 11.7. The second kappa shape index (κ2) is 4.06. The zero-order valence-electron chi connectivity index (χ0n) is 9.77. The molecule has 3 rings (SSSR count). The molecule has 3 aromatic rings. The van der Waals surface area contributed by atoms with Crippen LogP contribution in [-0.4, -0.2) is 0 Å². The highest BCUT2D eigenvalue weighted by Crippen LogP contribution is 2.28. The molecule has 0 heteroatoms. The Balaban J connectivity index is 2.30. The largest absolute Gasteiger partial charge is 0.0616 e. The molecule has 0 heterocycles. The number of hydrogen-bond acceptors (Lipinski definition) is 0. The highest BCUT2D eigenvalue weighted by molar-refractivity contribution is 5.96. The van der Waals surface area contributed by atoms with Gasteiger partial charge >= 0.3 is 0 Å². The lowest BCUT2D eigenvalue weighted by Crippen LogP contribution is -1.82. The van der Waals surface area contributed by atoms with Crippen LogP contribution in [0.3, 0.4) is 0 Å². The first kappa shape index (κ1) is 10.1. The van der Waals surface area contributed by atoms with Crippen molar-refractivity contribution in [3.05, 3.63) is 72.3 Å². The Bertz CT molecular complexity index is 660. The third kappa shape index (κ3) is 1.83. The third-order valence-corrected chi connectivity index (χ3v) is 3.04. The minimum atomic E-state index is 1.17. The van der Waals surface area contributed by atoms with Crippen LogP contribution in [0.25, 0.3) is 21.9 Å². The number of aryl methyl sites for hydroxylation is 1. The van der Waals surface area contributed by atoms with Gasteiger partial charge in [0, 0.05) is 0 Å². The first-order valence-corrected chi connectivity index (χ1v) is 5.81. The molecule has 1 radical (unpaired) electrons. The van der Waals surface area contributed by atoms with Crippen LogP contribution in [0.2, 0.25) is 0 Å². The molecule has 3 aromatic carbocycles. The predicted octanol–water partition coefficient (Wildman–Crippen LogP) is 4.62. The molecule has 0 bridgehead atoms. The van der Waals surface area contributed by atoms with Gasteiger partial charge in [0.05, 0.1) is 0 Å². The van der Waals surface area contributed by atoms with Gasteiger partial charge in [0.25, 0.3) is 0 Å². The molecular weight excluding hydrogens is 204 g/mol. The molecule has 0 nitrogen and oxygen atoms in total. The maximum Gasteiger partial charge on any atom is -0.00963 e. The number of benzene rings is 3. The molecule has 0 fully saturated rings. The predicted molar refractivity (Wildman–Crippen MR) is 73.0 cm³/mol. The molecule has 0 saturated carbocycles. The number of rotatable bonds is 1. The van der Waals surface area contributed by atoms with Gasteiger partial charge in [0.15, 0.2) is 0 Å². The minimum absolute atomic E-state index is 1.17. The fourth-order valence-corrected chi connectivity index (χ4v) is 2.20. The average Bonchev–Trinajstić information content (AvgIpc) is 2.38. The fourth-order valence-electron chi connectivity index (χ4n) is 2.20. The van der Waals surface area contributed by atoms with E-state index in [4.69, 9.17) is 0 Å². The average molecular weight is 217 g/mol. The quantitative estimate of drug-likeness (QED) is 0.558. The molecule has 0 aliphatic carbocycles. The number of hydrogen-bond donors (Lipinski definition) is 0. The molecule has 81 valence electrons. The Hall–Kier alpha value is -2.08. The summed E-state index contributed by atoms with van der Waals surface area (Å²) in [6.07, 6.45) is 0. The van der Waals surface area contributed by atoms with Crippen molar-refractivity contribution in [2.24, 2.45) is 0 Å². The zero-order valence-corrected chi connectivity index (χ0v) is 9.77. The second-order valence-corrected chi connectivity index (χ2v) is 4.31. The number of fused-ring (bicyclic) bond motifs is 1. The monoisotopic (exact) mass is 217 g/mol. The Kier molecular flexibility index (Phi) is 2.41. The van der Waals surface area contributed by atoms with E-state index in [2.05, 4.69) is 67.6 Å². The summed E-state index contributed by atoms with van der Waals surface area (Å²) in [7, 11) is 0. The first-order valence-electron chi connectivity index (χ1n) is 5.81. The van der Waals surface area contributed by atoms with E-state index in [1.54, 1.807) is 0 Å². The standard InChI is InChI=1S/C17H13/c1-13-6-4-9-15(12-13)17-11-5-8-14-7-2-3-10-16(14)17/h2-8,10-12H,1H3. The molecule has 17 heavy (non-hydrogen) atoms. The molecule has 0 spiro atoms. The summed E-state index contributed by atoms with van der Waals surface area (Å²) in [5.74, 6) is 0. The summed E-state index contributed by atoms with van der Waals surface area (Å²) >= 11 is 0. The lowest BCUT2D eigenvalue weighted by molar-refractivity contribution is 1.47. The van der Waals surface area contributed by atoms with Gasteiger partial charge in [-0.2, -0.15) is 0 Å². The van der Waals surface area contributed by atoms with E-state index in [0.29, 0.717) is 0 Å². The van der Waals surface area contributed by atoms with Gasteiger partial charge in [0.1, 0.15) is 0 Å². The fraction of sp³-hybridized carbons (Fsp3) is 0.0588. The SMILES string of the molecule is Cc1cc[c]c(-c2cccc3ccccc23)c1. The van der Waals surface area contributed by atoms with Crippen LogP contribution >= 0.6 is 0 Å². The Morgan fingerprint density at radius 3 is 2.59 bits per heavy atom. The summed E-state index contributed by atoms with van der Waals surface area (Å²) in [4.78, 5) is 0. The molecule has 0 aliphatic rings. The molecule has 0 aliphatic heterocycles. The van der Waals surface area contributed by atoms with Crippen LogP contribution in [-0.2, 0) is 0 Å². The first-order chi connectivity index (χ1) is 8.34. The minimum Gasteiger partial charge on any atom is -0.0616 e. The van der Waals surface area contributed by atoms with Crippen LogP contribution in [0, 0.1) is 13.0 Å². The van der Waals surface area contributed by atoms with E-state index in [1.807, 2.05) is 6.07 Å². The van der Waals surface area contributed by atoms with Crippen molar-refractivity contribution >= 4 is 10.8 Å². The Morgan fingerprint density at radius 2 is 1.71 bits per heavy atom. The summed E-state index contributed by atoms with van der Waals surface area (Å²) < 4.78 is 0. The van der Waals surface area contributed by atoms with Crippen LogP contribution in [0.5, 0.6) is 0 Å². The maximum absolute atomic E-state index is 3.32. The van der Waals surface area contributed by atoms with Crippen LogP contribution in [0.4, 0.5) is 0 Å². The molecule has 0 saturated heterocycles. The van der Waals surface area contributed by atoms with E-state index < -0.39 is 0 Å². The van der Waals surface area contributed by atoms with E-state index in [9.17, 15) is 0 Å². The van der Waals surface area contributed by atoms with E-state index >= 15 is 0 Å². The van der Waals surface area contributed by atoms with Crippen molar-refractivity contribution in [2.45, 2.75) is 6.92 Å². The van der Waals surface area contributed by atoms with Gasteiger partial charge in [-0.1, -0.05) is 66.2 Å². The highest BCUT2D eigenvalue weighted by Gasteiger charge is 2.02. The topological polar surface area (TPSA) is 0 Å². The van der Waals surface area contributed by atoms with Crippen LogP contribution < -0.4 is 0 Å². The molecule has 0 unspecified atom stereocenters. The van der Waals surface area contributed by atoms with E-state index in [-0.39, 0.29) is 0 Å². The molecule has 0 atom stereocenters. The van der Waals surface area contributed by atoms with Crippen molar-refractivity contribution in [2.75, 3.05) is 0 Å². The second-order valence-electron chi connectivity index (χ2n) is 4.31. The van der Waals surface area contributed by atoms with E-state index in [0.717, 1.165) is 0 Å². The van der Waals surface area contributed by atoms with Crippen molar-refractivity contribution in [3.63, 3.8) is 0 Å². The molecule has 0 N–H and O–H groups in total. The Morgan fingerprint density at radius 1 is 0.882 bits per heavy atom.